The average molecular weight is 333 g/mol. The molecule has 1 aromatic carbocycles. The van der Waals surface area contributed by atoms with Gasteiger partial charge in [-0.25, -0.2) is 15.0 Å². The Hall–Kier alpha value is -3.22. The molecule has 4 aromatic rings. The van der Waals surface area contributed by atoms with Crippen molar-refractivity contribution < 1.29 is 0 Å². The van der Waals surface area contributed by atoms with E-state index in [1.807, 2.05) is 56.3 Å². The van der Waals surface area contributed by atoms with E-state index >= 15 is 0 Å². The van der Waals surface area contributed by atoms with Crippen LogP contribution in [0.25, 0.3) is 16.6 Å². The van der Waals surface area contributed by atoms with Gasteiger partial charge in [0.05, 0.1) is 5.52 Å². The predicted octanol–water partition coefficient (Wildman–Crippen LogP) is 2.66. The van der Waals surface area contributed by atoms with E-state index in [1.54, 1.807) is 10.7 Å². The summed E-state index contributed by atoms with van der Waals surface area (Å²) < 4.78 is 1.77. The number of benzene rings is 1. The summed E-state index contributed by atoms with van der Waals surface area (Å²) in [5.74, 6) is 2.32. The minimum atomic E-state index is 0.598. The number of nitrogens with one attached hydrogen (secondary N) is 1. The van der Waals surface area contributed by atoms with Gasteiger partial charge < -0.3 is 10.2 Å². The summed E-state index contributed by atoms with van der Waals surface area (Å²) in [5, 5.41) is 8.86. The SMILES string of the molecule is Cc1nc2c3ccccc3nc(NCc3cccnc3N(C)C)n2n1. The first kappa shape index (κ1) is 15.3. The van der Waals surface area contributed by atoms with Gasteiger partial charge in [0.2, 0.25) is 5.95 Å². The minimum absolute atomic E-state index is 0.598. The van der Waals surface area contributed by atoms with Crippen molar-refractivity contribution in [2.45, 2.75) is 13.5 Å². The van der Waals surface area contributed by atoms with Crippen molar-refractivity contribution in [1.82, 2.24) is 24.6 Å². The first-order valence-electron chi connectivity index (χ1n) is 8.10. The van der Waals surface area contributed by atoms with Crippen LogP contribution in [0, 0.1) is 6.92 Å². The lowest BCUT2D eigenvalue weighted by Crippen LogP contribution is -2.15. The summed E-state index contributed by atoms with van der Waals surface area (Å²) in [4.78, 5) is 15.7. The molecule has 0 unspecified atom stereocenters. The smallest absolute Gasteiger partial charge is 0.226 e. The molecule has 0 spiro atoms. The largest absolute Gasteiger partial charge is 0.362 e. The highest BCUT2D eigenvalue weighted by atomic mass is 15.4. The van der Waals surface area contributed by atoms with E-state index in [9.17, 15) is 0 Å². The third kappa shape index (κ3) is 2.73. The molecule has 3 aromatic heterocycles. The maximum atomic E-state index is 4.72. The number of para-hydroxylation sites is 1. The van der Waals surface area contributed by atoms with Crippen LogP contribution < -0.4 is 10.2 Å². The Labute approximate surface area is 145 Å². The Balaban J connectivity index is 1.76. The molecule has 0 atom stereocenters. The van der Waals surface area contributed by atoms with Crippen LogP contribution in [0.1, 0.15) is 11.4 Å². The molecule has 7 heteroatoms. The zero-order valence-electron chi connectivity index (χ0n) is 14.4. The molecule has 0 amide bonds. The predicted molar refractivity (Wildman–Crippen MR) is 98.9 cm³/mol. The third-order valence-electron chi connectivity index (χ3n) is 4.01. The van der Waals surface area contributed by atoms with Crippen molar-refractivity contribution in [3.05, 3.63) is 54.0 Å². The summed E-state index contributed by atoms with van der Waals surface area (Å²) in [6.07, 6.45) is 1.80. The van der Waals surface area contributed by atoms with Crippen molar-refractivity contribution in [1.29, 1.82) is 0 Å². The zero-order chi connectivity index (χ0) is 17.4. The fourth-order valence-corrected chi connectivity index (χ4v) is 2.92. The molecule has 0 saturated heterocycles. The maximum Gasteiger partial charge on any atom is 0.226 e. The molecule has 0 radical (unpaired) electrons. The quantitative estimate of drug-likeness (QED) is 0.619. The number of nitrogens with zero attached hydrogens (tertiary/aromatic N) is 6. The standard InChI is InChI=1S/C18H19N7/c1-12-21-17-14-8-4-5-9-15(14)22-18(25(17)23-12)20-11-13-7-6-10-19-16(13)24(2)3/h4-10H,11H2,1-3H3,(H,20,22). The van der Waals surface area contributed by atoms with Crippen LogP contribution in [0.15, 0.2) is 42.6 Å². The van der Waals surface area contributed by atoms with Crippen LogP contribution in [0.4, 0.5) is 11.8 Å². The van der Waals surface area contributed by atoms with E-state index in [4.69, 9.17) is 4.98 Å². The number of anilines is 2. The van der Waals surface area contributed by atoms with E-state index in [0.29, 0.717) is 12.5 Å². The topological polar surface area (TPSA) is 71.2 Å². The molecule has 1 N–H and O–H groups in total. The van der Waals surface area contributed by atoms with Gasteiger partial charge in [-0.15, -0.1) is 5.10 Å². The molecule has 0 aliphatic rings. The van der Waals surface area contributed by atoms with Crippen LogP contribution in [-0.4, -0.2) is 38.7 Å². The second-order valence-electron chi connectivity index (χ2n) is 6.08. The molecule has 0 aliphatic heterocycles. The third-order valence-corrected chi connectivity index (χ3v) is 4.01. The molecule has 3 heterocycles. The molecule has 4 rings (SSSR count). The Kier molecular flexibility index (Phi) is 3.68. The summed E-state index contributed by atoms with van der Waals surface area (Å²) in [7, 11) is 3.97. The highest BCUT2D eigenvalue weighted by Gasteiger charge is 2.12. The number of hydrogen-bond acceptors (Lipinski definition) is 6. The Morgan fingerprint density at radius 3 is 2.76 bits per heavy atom. The molecule has 0 saturated carbocycles. The van der Waals surface area contributed by atoms with E-state index < -0.39 is 0 Å². The number of pyridine rings is 1. The number of aromatic nitrogens is 5. The molecule has 25 heavy (non-hydrogen) atoms. The second kappa shape index (κ2) is 6.01. The fourth-order valence-electron chi connectivity index (χ4n) is 2.92. The van der Waals surface area contributed by atoms with E-state index in [0.717, 1.165) is 33.8 Å². The number of aryl methyl sites for hydroxylation is 1. The van der Waals surface area contributed by atoms with Crippen LogP contribution in [0.5, 0.6) is 0 Å². The molecule has 0 fully saturated rings. The Bertz CT molecular complexity index is 1050. The van der Waals surface area contributed by atoms with Crippen LogP contribution in [-0.2, 0) is 6.54 Å². The summed E-state index contributed by atoms with van der Waals surface area (Å²) >= 11 is 0. The van der Waals surface area contributed by atoms with Crippen molar-refractivity contribution in [2.75, 3.05) is 24.3 Å². The molecular weight excluding hydrogens is 314 g/mol. The number of hydrogen-bond donors (Lipinski definition) is 1. The highest BCUT2D eigenvalue weighted by Crippen LogP contribution is 2.22. The van der Waals surface area contributed by atoms with Crippen molar-refractivity contribution in [3.8, 4) is 0 Å². The zero-order valence-corrected chi connectivity index (χ0v) is 14.4. The maximum absolute atomic E-state index is 4.72. The average Bonchev–Trinajstić information content (AvgIpc) is 3.01. The van der Waals surface area contributed by atoms with Gasteiger partial charge in [-0.2, -0.15) is 4.52 Å². The lowest BCUT2D eigenvalue weighted by atomic mass is 10.2. The lowest BCUT2D eigenvalue weighted by molar-refractivity contribution is 0.894. The van der Waals surface area contributed by atoms with Crippen LogP contribution >= 0.6 is 0 Å². The first-order chi connectivity index (χ1) is 12.1. The molecular formula is C18H19N7. The normalized spacial score (nSPS) is 11.2. The minimum Gasteiger partial charge on any atom is -0.362 e. The van der Waals surface area contributed by atoms with Gasteiger partial charge in [0.15, 0.2) is 5.65 Å². The number of rotatable bonds is 4. The summed E-state index contributed by atoms with van der Waals surface area (Å²) in [6.45, 7) is 2.48. The van der Waals surface area contributed by atoms with Gasteiger partial charge in [-0.05, 0) is 25.1 Å². The van der Waals surface area contributed by atoms with Gasteiger partial charge in [0.25, 0.3) is 0 Å². The second-order valence-corrected chi connectivity index (χ2v) is 6.08. The molecule has 0 bridgehead atoms. The molecule has 0 aliphatic carbocycles. The van der Waals surface area contributed by atoms with Gasteiger partial charge >= 0.3 is 0 Å². The van der Waals surface area contributed by atoms with Crippen LogP contribution in [0.3, 0.4) is 0 Å². The van der Waals surface area contributed by atoms with Gasteiger partial charge in [-0.1, -0.05) is 18.2 Å². The van der Waals surface area contributed by atoms with Gasteiger partial charge in [0, 0.05) is 37.8 Å². The summed E-state index contributed by atoms with van der Waals surface area (Å²) in [5.41, 5.74) is 2.79. The van der Waals surface area contributed by atoms with Gasteiger partial charge in [-0.3, -0.25) is 0 Å². The fraction of sp³-hybridized carbons (Fsp3) is 0.222. The molecule has 7 nitrogen and oxygen atoms in total. The van der Waals surface area contributed by atoms with Crippen LogP contribution in [0.2, 0.25) is 0 Å². The van der Waals surface area contributed by atoms with E-state index in [1.165, 1.54) is 0 Å². The van der Waals surface area contributed by atoms with Crippen molar-refractivity contribution in [2.24, 2.45) is 0 Å². The van der Waals surface area contributed by atoms with Crippen molar-refractivity contribution in [3.63, 3.8) is 0 Å². The van der Waals surface area contributed by atoms with Gasteiger partial charge in [0.1, 0.15) is 11.6 Å². The van der Waals surface area contributed by atoms with Crippen molar-refractivity contribution >= 4 is 28.3 Å². The first-order valence-corrected chi connectivity index (χ1v) is 8.10. The Morgan fingerprint density at radius 2 is 1.92 bits per heavy atom. The van der Waals surface area contributed by atoms with E-state index in [-0.39, 0.29) is 0 Å². The van der Waals surface area contributed by atoms with E-state index in [2.05, 4.69) is 26.4 Å². The Morgan fingerprint density at radius 1 is 1.08 bits per heavy atom. The monoisotopic (exact) mass is 333 g/mol. The lowest BCUT2D eigenvalue weighted by Gasteiger charge is -2.16. The summed E-state index contributed by atoms with van der Waals surface area (Å²) in [6, 6.07) is 12.0. The molecule has 126 valence electrons. The highest BCUT2D eigenvalue weighted by molar-refractivity contribution is 5.92. The number of fused-ring (bicyclic) bond motifs is 3.